The summed E-state index contributed by atoms with van der Waals surface area (Å²) in [7, 11) is 0. The van der Waals surface area contributed by atoms with Gasteiger partial charge in [-0.15, -0.1) is 0 Å². The van der Waals surface area contributed by atoms with Gasteiger partial charge in [0.15, 0.2) is 6.10 Å². The third kappa shape index (κ3) is 8.20. The number of benzene rings is 1. The van der Waals surface area contributed by atoms with Crippen molar-refractivity contribution in [3.8, 4) is 0 Å². The summed E-state index contributed by atoms with van der Waals surface area (Å²) in [5.41, 5.74) is 5.95. The fraction of sp³-hybridized carbons (Fsp3) is 0.474. The van der Waals surface area contributed by atoms with Crippen LogP contribution in [-0.4, -0.2) is 93.3 Å². The summed E-state index contributed by atoms with van der Waals surface area (Å²) in [6, 6.07) is 4.28. The van der Waals surface area contributed by atoms with Gasteiger partial charge in [0.25, 0.3) is 5.91 Å². The second-order valence-electron chi connectivity index (χ2n) is 6.93. The maximum absolute atomic E-state index is 12.4. The van der Waals surface area contributed by atoms with Gasteiger partial charge in [-0.25, -0.2) is 0 Å². The number of aliphatic hydroxyl groups is 4. The SMILES string of the molecule is NC(CNC=O)C(=O)NC(CO)C(O)C(O)C(O)C(=O)NC(CC(=O)O)c1ccccc1. The molecule has 13 heteroatoms. The average Bonchev–Trinajstić information content (AvgIpc) is 2.78. The fourth-order valence-corrected chi connectivity index (χ4v) is 2.75. The van der Waals surface area contributed by atoms with E-state index in [1.165, 1.54) is 0 Å². The topological polar surface area (TPSA) is 232 Å². The molecule has 13 nitrogen and oxygen atoms in total. The van der Waals surface area contributed by atoms with Crippen LogP contribution in [0.3, 0.4) is 0 Å². The molecule has 10 N–H and O–H groups in total. The Kier molecular flexibility index (Phi) is 11.2. The maximum atomic E-state index is 12.4. The summed E-state index contributed by atoms with van der Waals surface area (Å²) in [5.74, 6) is -3.28. The lowest BCUT2D eigenvalue weighted by Crippen LogP contribution is -2.59. The highest BCUT2D eigenvalue weighted by Gasteiger charge is 2.37. The molecule has 0 radical (unpaired) electrons. The number of carboxylic acid groups (broad SMARTS) is 1. The van der Waals surface area contributed by atoms with Crippen LogP contribution < -0.4 is 21.7 Å². The Morgan fingerprint density at radius 3 is 2.16 bits per heavy atom. The maximum Gasteiger partial charge on any atom is 0.305 e. The molecule has 1 aromatic carbocycles. The van der Waals surface area contributed by atoms with Crippen molar-refractivity contribution in [3.63, 3.8) is 0 Å². The van der Waals surface area contributed by atoms with Gasteiger partial charge in [0.1, 0.15) is 18.2 Å². The number of carbonyl (C=O) groups is 4. The highest BCUT2D eigenvalue weighted by atomic mass is 16.4. The number of carboxylic acids is 1. The largest absolute Gasteiger partial charge is 0.481 e. The zero-order valence-corrected chi connectivity index (χ0v) is 17.0. The van der Waals surface area contributed by atoms with Gasteiger partial charge in [0.05, 0.1) is 25.1 Å². The van der Waals surface area contributed by atoms with Crippen LogP contribution >= 0.6 is 0 Å². The first kappa shape index (κ1) is 26.9. The lowest BCUT2D eigenvalue weighted by Gasteiger charge is -2.30. The molecule has 32 heavy (non-hydrogen) atoms. The van der Waals surface area contributed by atoms with Crippen LogP contribution in [0.15, 0.2) is 30.3 Å². The predicted octanol–water partition coefficient (Wildman–Crippen LogP) is -4.05. The molecule has 178 valence electrons. The van der Waals surface area contributed by atoms with E-state index >= 15 is 0 Å². The van der Waals surface area contributed by atoms with Gasteiger partial charge in [-0.05, 0) is 5.56 Å². The van der Waals surface area contributed by atoms with Crippen LogP contribution in [0, 0.1) is 0 Å². The van der Waals surface area contributed by atoms with Crippen molar-refractivity contribution < 1.29 is 44.7 Å². The first-order valence-electron chi connectivity index (χ1n) is 9.57. The van der Waals surface area contributed by atoms with Gasteiger partial charge in [-0.1, -0.05) is 30.3 Å². The van der Waals surface area contributed by atoms with Gasteiger partial charge in [0, 0.05) is 6.54 Å². The molecule has 0 saturated carbocycles. The standard InChI is InChI=1S/C19H28N4O9/c20-11(7-21-9-25)18(31)23-13(8-24)15(28)16(29)17(30)19(32)22-12(6-14(26)27)10-4-2-1-3-5-10/h1-5,9,11-13,15-17,24,28-30H,6-8,20H2,(H,21,25)(H,22,32)(H,23,31)(H,26,27). The van der Waals surface area contributed by atoms with Crippen LogP contribution in [0.2, 0.25) is 0 Å². The van der Waals surface area contributed by atoms with Gasteiger partial charge < -0.3 is 47.2 Å². The zero-order valence-electron chi connectivity index (χ0n) is 17.0. The van der Waals surface area contributed by atoms with Crippen molar-refractivity contribution in [2.75, 3.05) is 13.2 Å². The number of rotatable bonds is 14. The molecule has 1 aromatic rings. The molecule has 6 unspecified atom stereocenters. The highest BCUT2D eigenvalue weighted by Crippen LogP contribution is 2.17. The number of aliphatic carboxylic acids is 1. The Morgan fingerprint density at radius 1 is 1.00 bits per heavy atom. The number of carbonyl (C=O) groups excluding carboxylic acids is 3. The molecule has 0 saturated heterocycles. The molecule has 0 bridgehead atoms. The van der Waals surface area contributed by atoms with Gasteiger partial charge >= 0.3 is 5.97 Å². The average molecular weight is 456 g/mol. The molecule has 0 spiro atoms. The van der Waals surface area contributed by atoms with E-state index < -0.39 is 67.2 Å². The van der Waals surface area contributed by atoms with E-state index in [0.717, 1.165) is 0 Å². The Bertz CT molecular complexity index is 764. The molecule has 6 atom stereocenters. The van der Waals surface area contributed by atoms with E-state index in [1.54, 1.807) is 30.3 Å². The lowest BCUT2D eigenvalue weighted by atomic mass is 9.99. The monoisotopic (exact) mass is 456 g/mol. The highest BCUT2D eigenvalue weighted by molar-refractivity contribution is 5.83. The Morgan fingerprint density at radius 2 is 1.62 bits per heavy atom. The fourth-order valence-electron chi connectivity index (χ4n) is 2.75. The Balaban J connectivity index is 2.82. The predicted molar refractivity (Wildman–Crippen MR) is 109 cm³/mol. The number of amides is 3. The minimum Gasteiger partial charge on any atom is -0.481 e. The number of nitrogens with one attached hydrogen (secondary N) is 3. The van der Waals surface area contributed by atoms with Crippen molar-refractivity contribution in [1.82, 2.24) is 16.0 Å². The summed E-state index contributed by atoms with van der Waals surface area (Å²) >= 11 is 0. The molecule has 0 heterocycles. The minimum atomic E-state index is -2.22. The summed E-state index contributed by atoms with van der Waals surface area (Å²) < 4.78 is 0. The molecule has 0 aliphatic heterocycles. The van der Waals surface area contributed by atoms with Crippen molar-refractivity contribution in [2.24, 2.45) is 5.73 Å². The van der Waals surface area contributed by atoms with Crippen LogP contribution in [-0.2, 0) is 19.2 Å². The van der Waals surface area contributed by atoms with E-state index in [2.05, 4.69) is 16.0 Å². The number of nitrogens with two attached hydrogens (primary N) is 1. The van der Waals surface area contributed by atoms with E-state index in [9.17, 15) is 39.6 Å². The lowest BCUT2D eigenvalue weighted by molar-refractivity contribution is -0.145. The zero-order chi connectivity index (χ0) is 24.3. The third-order valence-electron chi connectivity index (χ3n) is 4.53. The molecule has 0 aromatic heterocycles. The van der Waals surface area contributed by atoms with Crippen LogP contribution in [0.25, 0.3) is 0 Å². The molecule has 1 rings (SSSR count). The van der Waals surface area contributed by atoms with E-state index in [0.29, 0.717) is 12.0 Å². The van der Waals surface area contributed by atoms with Crippen LogP contribution in [0.4, 0.5) is 0 Å². The second kappa shape index (κ2) is 13.3. The number of hydrogen-bond acceptors (Lipinski definition) is 9. The second-order valence-corrected chi connectivity index (χ2v) is 6.93. The quantitative estimate of drug-likeness (QED) is 0.123. The molecular formula is C19H28N4O9. The van der Waals surface area contributed by atoms with Crippen molar-refractivity contribution in [2.45, 2.75) is 42.9 Å². The molecule has 0 aliphatic rings. The summed E-state index contributed by atoms with van der Waals surface area (Å²) in [6.07, 6.45) is -6.56. The van der Waals surface area contributed by atoms with Crippen molar-refractivity contribution in [3.05, 3.63) is 35.9 Å². The number of aliphatic hydroxyl groups excluding tert-OH is 4. The molecule has 0 fully saturated rings. The first-order chi connectivity index (χ1) is 15.1. The minimum absolute atomic E-state index is 0.235. The van der Waals surface area contributed by atoms with E-state index in [-0.39, 0.29) is 6.54 Å². The number of hydrogen-bond donors (Lipinski definition) is 9. The first-order valence-corrected chi connectivity index (χ1v) is 9.57. The molecule has 0 aliphatic carbocycles. The third-order valence-corrected chi connectivity index (χ3v) is 4.53. The molecule has 3 amide bonds. The van der Waals surface area contributed by atoms with Crippen LogP contribution in [0.1, 0.15) is 18.0 Å². The van der Waals surface area contributed by atoms with Crippen molar-refractivity contribution in [1.29, 1.82) is 0 Å². The van der Waals surface area contributed by atoms with Gasteiger partial charge in [-0.2, -0.15) is 0 Å². The smallest absolute Gasteiger partial charge is 0.305 e. The normalized spacial score (nSPS) is 16.5. The summed E-state index contributed by atoms with van der Waals surface area (Å²) in [6.45, 7) is -1.11. The summed E-state index contributed by atoms with van der Waals surface area (Å²) in [5, 5.41) is 55.7. The van der Waals surface area contributed by atoms with Gasteiger partial charge in [-0.3, -0.25) is 19.2 Å². The Labute approximate surface area is 183 Å². The van der Waals surface area contributed by atoms with E-state index in [4.69, 9.17) is 10.8 Å². The Hall–Kier alpha value is -3.10. The summed E-state index contributed by atoms with van der Waals surface area (Å²) in [4.78, 5) is 45.7. The van der Waals surface area contributed by atoms with Crippen molar-refractivity contribution >= 4 is 24.2 Å². The van der Waals surface area contributed by atoms with Gasteiger partial charge in [0.2, 0.25) is 12.3 Å². The van der Waals surface area contributed by atoms with E-state index in [1.807, 2.05) is 0 Å². The van der Waals surface area contributed by atoms with Crippen LogP contribution in [0.5, 0.6) is 0 Å². The molecular weight excluding hydrogens is 428 g/mol.